The molecule has 0 amide bonds. The average molecular weight is 260 g/mol. The number of ether oxygens (including phenoxy) is 1. The van der Waals surface area contributed by atoms with Crippen LogP contribution in [0.4, 0.5) is 5.69 Å². The van der Waals surface area contributed by atoms with Gasteiger partial charge in [0.2, 0.25) is 0 Å². The summed E-state index contributed by atoms with van der Waals surface area (Å²) in [5.74, 6) is 0.861. The molecule has 0 aromatic carbocycles. The number of pyridine rings is 1. The molecule has 2 aromatic heterocycles. The van der Waals surface area contributed by atoms with Gasteiger partial charge in [0, 0.05) is 26.0 Å². The maximum Gasteiger partial charge on any atom is 0.137 e. The number of nitrogens with one attached hydrogen (secondary N) is 1. The molecule has 0 aliphatic carbocycles. The van der Waals surface area contributed by atoms with Crippen LogP contribution in [0, 0.1) is 0 Å². The Balaban J connectivity index is 1.89. The summed E-state index contributed by atoms with van der Waals surface area (Å²) in [6.07, 6.45) is 8.11. The van der Waals surface area contributed by atoms with Crippen LogP contribution in [0.15, 0.2) is 37.1 Å². The van der Waals surface area contributed by atoms with Gasteiger partial charge in [-0.05, 0) is 32.4 Å². The zero-order valence-corrected chi connectivity index (χ0v) is 11.6. The third-order valence-electron chi connectivity index (χ3n) is 3.13. The van der Waals surface area contributed by atoms with Gasteiger partial charge in [0.1, 0.15) is 12.1 Å². The Hall–Kier alpha value is -1.88. The van der Waals surface area contributed by atoms with E-state index in [-0.39, 0.29) is 5.60 Å². The summed E-state index contributed by atoms with van der Waals surface area (Å²) in [7, 11) is 1.74. The number of methoxy groups -OCH3 is 1. The highest BCUT2D eigenvalue weighted by Crippen LogP contribution is 2.14. The molecule has 19 heavy (non-hydrogen) atoms. The van der Waals surface area contributed by atoms with Gasteiger partial charge in [0.15, 0.2) is 0 Å². The molecular weight excluding hydrogens is 240 g/mol. The lowest BCUT2D eigenvalue weighted by Gasteiger charge is -2.23. The number of hydrogen-bond donors (Lipinski definition) is 1. The molecule has 0 unspecified atom stereocenters. The number of hydrogen-bond acceptors (Lipinski definition) is 4. The summed E-state index contributed by atoms with van der Waals surface area (Å²) < 4.78 is 7.25. The SMILES string of the molecule is COC(C)(C)CCNc1ccc(-n2ccnc2)nc1. The highest BCUT2D eigenvalue weighted by Gasteiger charge is 2.15. The van der Waals surface area contributed by atoms with Crippen molar-refractivity contribution in [3.8, 4) is 5.82 Å². The van der Waals surface area contributed by atoms with Gasteiger partial charge in [-0.25, -0.2) is 9.97 Å². The molecule has 0 fully saturated rings. The van der Waals surface area contributed by atoms with Crippen molar-refractivity contribution in [1.82, 2.24) is 14.5 Å². The lowest BCUT2D eigenvalue weighted by atomic mass is 10.1. The monoisotopic (exact) mass is 260 g/mol. The van der Waals surface area contributed by atoms with Crippen LogP contribution >= 0.6 is 0 Å². The molecule has 0 aliphatic rings. The standard InChI is InChI=1S/C14H20N4O/c1-14(2,19-3)6-7-16-12-4-5-13(17-10-12)18-9-8-15-11-18/h4-5,8-11,16H,6-7H2,1-3H3. The van der Waals surface area contributed by atoms with Gasteiger partial charge in [-0.15, -0.1) is 0 Å². The van der Waals surface area contributed by atoms with Crippen molar-refractivity contribution >= 4 is 5.69 Å². The molecule has 0 saturated heterocycles. The van der Waals surface area contributed by atoms with Crippen LogP contribution < -0.4 is 5.32 Å². The first-order chi connectivity index (χ1) is 9.11. The predicted octanol–water partition coefficient (Wildman–Crippen LogP) is 2.49. The maximum atomic E-state index is 5.38. The largest absolute Gasteiger partial charge is 0.384 e. The van der Waals surface area contributed by atoms with Crippen LogP contribution in [0.5, 0.6) is 0 Å². The molecule has 2 aromatic rings. The molecule has 2 rings (SSSR count). The van der Waals surface area contributed by atoms with Gasteiger partial charge in [0.25, 0.3) is 0 Å². The summed E-state index contributed by atoms with van der Waals surface area (Å²) in [6, 6.07) is 3.98. The van der Waals surface area contributed by atoms with E-state index in [1.165, 1.54) is 0 Å². The first-order valence-electron chi connectivity index (χ1n) is 6.34. The van der Waals surface area contributed by atoms with Crippen molar-refractivity contribution in [1.29, 1.82) is 0 Å². The van der Waals surface area contributed by atoms with E-state index >= 15 is 0 Å². The highest BCUT2D eigenvalue weighted by atomic mass is 16.5. The number of rotatable bonds is 6. The Morgan fingerprint density at radius 2 is 2.21 bits per heavy atom. The summed E-state index contributed by atoms with van der Waals surface area (Å²) in [5.41, 5.74) is 0.910. The molecular formula is C14H20N4O. The Labute approximate surface area is 113 Å². The summed E-state index contributed by atoms with van der Waals surface area (Å²) in [4.78, 5) is 8.39. The van der Waals surface area contributed by atoms with E-state index in [1.807, 2.05) is 29.1 Å². The van der Waals surface area contributed by atoms with E-state index in [1.54, 1.807) is 19.6 Å². The van der Waals surface area contributed by atoms with Crippen molar-refractivity contribution in [2.24, 2.45) is 0 Å². The smallest absolute Gasteiger partial charge is 0.137 e. The van der Waals surface area contributed by atoms with E-state index in [9.17, 15) is 0 Å². The summed E-state index contributed by atoms with van der Waals surface area (Å²) in [6.45, 7) is 5.01. The minimum atomic E-state index is -0.100. The van der Waals surface area contributed by atoms with E-state index in [0.717, 1.165) is 24.5 Å². The van der Waals surface area contributed by atoms with E-state index < -0.39 is 0 Å². The fraction of sp³-hybridized carbons (Fsp3) is 0.429. The second-order valence-corrected chi connectivity index (χ2v) is 5.02. The second-order valence-electron chi connectivity index (χ2n) is 5.02. The number of imidazole rings is 1. The number of aromatic nitrogens is 3. The second kappa shape index (κ2) is 5.84. The van der Waals surface area contributed by atoms with E-state index in [4.69, 9.17) is 4.74 Å². The molecule has 0 atom stereocenters. The van der Waals surface area contributed by atoms with Crippen molar-refractivity contribution in [3.05, 3.63) is 37.1 Å². The van der Waals surface area contributed by atoms with Gasteiger partial charge >= 0.3 is 0 Å². The molecule has 0 bridgehead atoms. The molecule has 5 nitrogen and oxygen atoms in total. The van der Waals surface area contributed by atoms with Crippen LogP contribution in [0.3, 0.4) is 0 Å². The number of nitrogens with zero attached hydrogens (tertiary/aromatic N) is 3. The van der Waals surface area contributed by atoms with E-state index in [0.29, 0.717) is 0 Å². The quantitative estimate of drug-likeness (QED) is 0.867. The predicted molar refractivity (Wildman–Crippen MR) is 75.6 cm³/mol. The van der Waals surface area contributed by atoms with Gasteiger partial charge in [-0.3, -0.25) is 4.57 Å². The fourth-order valence-corrected chi connectivity index (χ4v) is 1.65. The Kier molecular flexibility index (Phi) is 4.16. The Bertz CT molecular complexity index is 491. The molecule has 0 saturated carbocycles. The van der Waals surface area contributed by atoms with Crippen molar-refractivity contribution in [2.45, 2.75) is 25.9 Å². The molecule has 102 valence electrons. The van der Waals surface area contributed by atoms with Gasteiger partial charge in [-0.1, -0.05) is 0 Å². The first-order valence-corrected chi connectivity index (χ1v) is 6.34. The summed E-state index contributed by atoms with van der Waals surface area (Å²) in [5, 5.41) is 3.34. The third-order valence-corrected chi connectivity index (χ3v) is 3.13. The van der Waals surface area contributed by atoms with Crippen molar-refractivity contribution < 1.29 is 4.74 Å². The average Bonchev–Trinajstić information content (AvgIpc) is 2.93. The normalized spacial score (nSPS) is 11.5. The van der Waals surface area contributed by atoms with Crippen molar-refractivity contribution in [2.75, 3.05) is 19.0 Å². The minimum absolute atomic E-state index is 0.100. The minimum Gasteiger partial charge on any atom is -0.384 e. The van der Waals surface area contributed by atoms with Crippen LogP contribution in [0.25, 0.3) is 5.82 Å². The zero-order chi connectivity index (χ0) is 13.7. The van der Waals surface area contributed by atoms with Crippen LogP contribution in [0.1, 0.15) is 20.3 Å². The van der Waals surface area contributed by atoms with Gasteiger partial charge in [-0.2, -0.15) is 0 Å². The Morgan fingerprint density at radius 3 is 2.79 bits per heavy atom. The van der Waals surface area contributed by atoms with Crippen LogP contribution in [0.2, 0.25) is 0 Å². The first kappa shape index (κ1) is 13.5. The van der Waals surface area contributed by atoms with E-state index in [2.05, 4.69) is 29.1 Å². The van der Waals surface area contributed by atoms with Gasteiger partial charge < -0.3 is 10.1 Å². The van der Waals surface area contributed by atoms with Crippen LogP contribution in [-0.4, -0.2) is 33.8 Å². The summed E-state index contributed by atoms with van der Waals surface area (Å²) >= 11 is 0. The Morgan fingerprint density at radius 1 is 1.37 bits per heavy atom. The molecule has 0 spiro atoms. The van der Waals surface area contributed by atoms with Gasteiger partial charge in [0.05, 0.1) is 17.5 Å². The topological polar surface area (TPSA) is 52.0 Å². The number of anilines is 1. The molecule has 0 radical (unpaired) electrons. The highest BCUT2D eigenvalue weighted by molar-refractivity contribution is 5.43. The lowest BCUT2D eigenvalue weighted by molar-refractivity contribution is 0.0185. The maximum absolute atomic E-state index is 5.38. The van der Waals surface area contributed by atoms with Crippen LogP contribution in [-0.2, 0) is 4.74 Å². The molecule has 1 N–H and O–H groups in total. The molecule has 2 heterocycles. The fourth-order valence-electron chi connectivity index (χ4n) is 1.65. The third kappa shape index (κ3) is 3.79. The molecule has 0 aliphatic heterocycles. The van der Waals surface area contributed by atoms with Crippen molar-refractivity contribution in [3.63, 3.8) is 0 Å². The molecule has 5 heteroatoms. The lowest BCUT2D eigenvalue weighted by Crippen LogP contribution is -2.25. The zero-order valence-electron chi connectivity index (χ0n) is 11.6.